The van der Waals surface area contributed by atoms with Crippen molar-refractivity contribution in [2.24, 2.45) is 5.73 Å². The highest BCUT2D eigenvalue weighted by atomic mass is 16.7. The van der Waals surface area contributed by atoms with Crippen LogP contribution in [0.1, 0.15) is 0 Å². The smallest absolute Gasteiger partial charge is 0.333 e. The molecule has 0 spiro atoms. The summed E-state index contributed by atoms with van der Waals surface area (Å²) in [5, 5.41) is 0. The second-order valence-electron chi connectivity index (χ2n) is 0.743. The van der Waals surface area contributed by atoms with Gasteiger partial charge in [-0.1, -0.05) is 6.58 Å². The monoisotopic (exact) mass is 102 g/mol. The number of hydroxylamine groups is 1. The quantitative estimate of drug-likeness (QED) is 0.472. The minimum Gasteiger partial charge on any atom is -0.333 e. The highest BCUT2D eigenvalue weighted by Gasteiger charge is 1.83. The summed E-state index contributed by atoms with van der Waals surface area (Å²) in [6.45, 7) is 3.19. The zero-order valence-electron chi connectivity index (χ0n) is 3.68. The molecule has 3 N–H and O–H groups in total. The maximum absolute atomic E-state index is 9.65. The minimum absolute atomic E-state index is 0.875. The molecule has 1 amide bonds. The molecule has 0 rings (SSSR count). The predicted molar refractivity (Wildman–Crippen MR) is 24.0 cm³/mol. The molecule has 0 aliphatic heterocycles. The molecule has 0 saturated heterocycles. The van der Waals surface area contributed by atoms with Crippen LogP contribution in [-0.4, -0.2) is 6.09 Å². The van der Waals surface area contributed by atoms with Gasteiger partial charge in [0.2, 0.25) is 0 Å². The average molecular weight is 102 g/mol. The van der Waals surface area contributed by atoms with Crippen molar-refractivity contribution in [3.63, 3.8) is 0 Å². The molecule has 0 heterocycles. The van der Waals surface area contributed by atoms with E-state index in [4.69, 9.17) is 0 Å². The molecule has 0 bridgehead atoms. The van der Waals surface area contributed by atoms with Gasteiger partial charge in [0.15, 0.2) is 0 Å². The Hall–Kier alpha value is -1.19. The van der Waals surface area contributed by atoms with Crippen LogP contribution in [0, 0.1) is 0 Å². The van der Waals surface area contributed by atoms with Gasteiger partial charge in [0, 0.05) is 6.20 Å². The van der Waals surface area contributed by atoms with Gasteiger partial charge in [0.05, 0.1) is 0 Å². The van der Waals surface area contributed by atoms with Gasteiger partial charge in [-0.2, -0.15) is 0 Å². The number of nitrogens with two attached hydrogens (primary N) is 1. The summed E-state index contributed by atoms with van der Waals surface area (Å²) < 4.78 is 0. The van der Waals surface area contributed by atoms with Crippen LogP contribution in [0.25, 0.3) is 0 Å². The fourth-order valence-electron chi connectivity index (χ4n) is 0.0997. The van der Waals surface area contributed by atoms with Crippen molar-refractivity contribution in [3.8, 4) is 0 Å². The van der Waals surface area contributed by atoms with E-state index in [0.29, 0.717) is 0 Å². The molecule has 0 fully saturated rings. The third kappa shape index (κ3) is 4.81. The van der Waals surface area contributed by atoms with Crippen LogP contribution in [-0.2, 0) is 4.84 Å². The van der Waals surface area contributed by atoms with Crippen molar-refractivity contribution in [3.05, 3.63) is 12.8 Å². The van der Waals surface area contributed by atoms with Gasteiger partial charge in [-0.05, 0) is 0 Å². The Bertz CT molecular complexity index is 81.0. The molecule has 7 heavy (non-hydrogen) atoms. The number of carbonyl (C=O) groups excluding carboxylic acids is 1. The second-order valence-corrected chi connectivity index (χ2v) is 0.743. The maximum atomic E-state index is 9.65. The molecule has 0 aliphatic rings. The van der Waals surface area contributed by atoms with Crippen molar-refractivity contribution in [2.45, 2.75) is 0 Å². The molecular weight excluding hydrogens is 96.0 g/mol. The Morgan fingerprint density at radius 1 is 2.00 bits per heavy atom. The number of hydrogen-bond donors (Lipinski definition) is 2. The van der Waals surface area contributed by atoms with Gasteiger partial charge in [-0.25, -0.2) is 10.3 Å². The summed E-state index contributed by atoms with van der Waals surface area (Å²) in [5.74, 6) is 0. The summed E-state index contributed by atoms with van der Waals surface area (Å²) in [6.07, 6.45) is 0.324. The largest absolute Gasteiger partial charge is 0.428 e. The summed E-state index contributed by atoms with van der Waals surface area (Å²) >= 11 is 0. The second kappa shape index (κ2) is 3.02. The average Bonchev–Trinajstić information content (AvgIpc) is 1.61. The van der Waals surface area contributed by atoms with Gasteiger partial charge in [0.1, 0.15) is 0 Å². The number of amides is 1. The lowest BCUT2D eigenvalue weighted by molar-refractivity contribution is 0.121. The van der Waals surface area contributed by atoms with E-state index in [-0.39, 0.29) is 0 Å². The van der Waals surface area contributed by atoms with E-state index in [0.717, 1.165) is 0 Å². The molecule has 0 aromatic heterocycles. The van der Waals surface area contributed by atoms with E-state index in [1.807, 2.05) is 5.48 Å². The Morgan fingerprint density at radius 3 is 2.71 bits per heavy atom. The van der Waals surface area contributed by atoms with E-state index in [1.54, 1.807) is 0 Å². The van der Waals surface area contributed by atoms with Gasteiger partial charge in [-0.15, -0.1) is 0 Å². The van der Waals surface area contributed by atoms with Crippen LogP contribution in [0.3, 0.4) is 0 Å². The van der Waals surface area contributed by atoms with Gasteiger partial charge in [0.25, 0.3) is 0 Å². The zero-order valence-corrected chi connectivity index (χ0v) is 3.68. The predicted octanol–water partition coefficient (Wildman–Crippen LogP) is -0.270. The fraction of sp³-hybridized carbons (Fsp3) is 0. The van der Waals surface area contributed by atoms with Crippen LogP contribution in [0.4, 0.5) is 4.79 Å². The highest BCUT2D eigenvalue weighted by Crippen LogP contribution is 1.60. The molecule has 4 heteroatoms. The molecule has 0 aromatic rings. The van der Waals surface area contributed by atoms with E-state index in [9.17, 15) is 4.79 Å². The molecule has 4 nitrogen and oxygen atoms in total. The number of rotatable bonds is 2. The molecule has 0 saturated carbocycles. The van der Waals surface area contributed by atoms with Crippen LogP contribution in [0.15, 0.2) is 12.8 Å². The Morgan fingerprint density at radius 2 is 2.57 bits per heavy atom. The zero-order chi connectivity index (χ0) is 5.70. The lowest BCUT2D eigenvalue weighted by atomic mass is 11.1. The molecule has 40 valence electrons. The van der Waals surface area contributed by atoms with Crippen LogP contribution >= 0.6 is 0 Å². The van der Waals surface area contributed by atoms with E-state index in [2.05, 4.69) is 17.2 Å². The lowest BCUT2D eigenvalue weighted by Gasteiger charge is -1.93. The van der Waals surface area contributed by atoms with Crippen LogP contribution in [0.2, 0.25) is 0 Å². The van der Waals surface area contributed by atoms with E-state index in [1.165, 1.54) is 6.20 Å². The first-order valence-corrected chi connectivity index (χ1v) is 1.60. The Kier molecular flexibility index (Phi) is 2.50. The highest BCUT2D eigenvalue weighted by molar-refractivity contribution is 5.64. The van der Waals surface area contributed by atoms with Crippen LogP contribution < -0.4 is 11.2 Å². The van der Waals surface area contributed by atoms with Crippen molar-refractivity contribution in [1.82, 2.24) is 5.48 Å². The minimum atomic E-state index is -0.875. The van der Waals surface area contributed by atoms with Gasteiger partial charge >= 0.3 is 6.09 Å². The fourth-order valence-corrected chi connectivity index (χ4v) is 0.0997. The van der Waals surface area contributed by atoms with E-state index >= 15 is 0 Å². The third-order valence-corrected chi connectivity index (χ3v) is 0.243. The number of nitrogens with one attached hydrogen (secondary N) is 1. The SMILES string of the molecule is C=CNOC(N)=O. The topological polar surface area (TPSA) is 64.3 Å². The standard InChI is InChI=1S/C3H6N2O2/c1-2-5-7-3(4)6/h2,5H,1H2,(H2,4,6). The van der Waals surface area contributed by atoms with Crippen molar-refractivity contribution in [2.75, 3.05) is 0 Å². The molecule has 0 radical (unpaired) electrons. The summed E-state index contributed by atoms with van der Waals surface area (Å²) in [4.78, 5) is 13.6. The van der Waals surface area contributed by atoms with Crippen LogP contribution in [0.5, 0.6) is 0 Å². The van der Waals surface area contributed by atoms with E-state index < -0.39 is 6.09 Å². The Labute approximate surface area is 40.9 Å². The molecule has 0 aliphatic carbocycles. The molecule has 0 aromatic carbocycles. The Balaban J connectivity index is 2.97. The summed E-state index contributed by atoms with van der Waals surface area (Å²) in [6, 6.07) is 0. The van der Waals surface area contributed by atoms with Crippen molar-refractivity contribution < 1.29 is 9.63 Å². The number of carbonyl (C=O) groups is 1. The lowest BCUT2D eigenvalue weighted by Crippen LogP contribution is -2.19. The number of primary amides is 1. The normalized spacial score (nSPS) is 6.86. The first-order valence-electron chi connectivity index (χ1n) is 1.60. The first-order chi connectivity index (χ1) is 3.27. The molecular formula is C3H6N2O2. The third-order valence-electron chi connectivity index (χ3n) is 0.243. The molecule has 0 atom stereocenters. The molecule has 0 unspecified atom stereocenters. The first kappa shape index (κ1) is 5.81. The summed E-state index contributed by atoms with van der Waals surface area (Å²) in [5.41, 5.74) is 6.54. The summed E-state index contributed by atoms with van der Waals surface area (Å²) in [7, 11) is 0. The number of hydrogen-bond acceptors (Lipinski definition) is 3. The van der Waals surface area contributed by atoms with Crippen molar-refractivity contribution in [1.29, 1.82) is 0 Å². The van der Waals surface area contributed by atoms with Gasteiger partial charge in [-0.3, -0.25) is 0 Å². The van der Waals surface area contributed by atoms with Gasteiger partial charge < -0.3 is 10.6 Å². The van der Waals surface area contributed by atoms with Crippen molar-refractivity contribution >= 4 is 6.09 Å². The maximum Gasteiger partial charge on any atom is 0.428 e.